The smallest absolute Gasteiger partial charge is 0.263 e. The molecule has 0 aliphatic rings. The molecule has 1 unspecified atom stereocenters. The van der Waals surface area contributed by atoms with E-state index in [1.54, 1.807) is 44.4 Å². The molecule has 7 heteroatoms. The molecule has 0 bridgehead atoms. The lowest BCUT2D eigenvalue weighted by Crippen LogP contribution is -2.47. The molecule has 1 atom stereocenters. The van der Waals surface area contributed by atoms with Crippen LogP contribution < -0.4 is 10.1 Å². The number of aliphatic hydroxyl groups excluding tert-OH is 1. The van der Waals surface area contributed by atoms with Crippen molar-refractivity contribution >= 4 is 28.8 Å². The highest BCUT2D eigenvalue weighted by Gasteiger charge is 2.30. The summed E-state index contributed by atoms with van der Waals surface area (Å²) in [6.07, 6.45) is 0.794. The van der Waals surface area contributed by atoms with Crippen molar-refractivity contribution in [3.8, 4) is 16.4 Å². The number of nitrogens with one attached hydrogen (secondary N) is 1. The zero-order valence-corrected chi connectivity index (χ0v) is 16.5. The van der Waals surface area contributed by atoms with Crippen LogP contribution in [-0.4, -0.2) is 23.2 Å². The van der Waals surface area contributed by atoms with E-state index < -0.39 is 11.7 Å². The third kappa shape index (κ3) is 4.91. The van der Waals surface area contributed by atoms with Crippen LogP contribution in [0.4, 0.5) is 0 Å². The van der Waals surface area contributed by atoms with Crippen molar-refractivity contribution in [2.75, 3.05) is 6.54 Å². The Bertz CT molecular complexity index is 887. The van der Waals surface area contributed by atoms with Gasteiger partial charge in [-0.05, 0) is 62.4 Å². The number of thiophene rings is 1. The van der Waals surface area contributed by atoms with Gasteiger partial charge in [0.25, 0.3) is 5.91 Å². The number of hydrogen-bond acceptors (Lipinski definition) is 5. The molecular formula is C20H20ClNO4S. The van der Waals surface area contributed by atoms with Gasteiger partial charge in [-0.1, -0.05) is 11.6 Å². The van der Waals surface area contributed by atoms with Crippen molar-refractivity contribution in [2.24, 2.45) is 0 Å². The number of rotatable bonds is 7. The summed E-state index contributed by atoms with van der Waals surface area (Å²) >= 11 is 7.28. The van der Waals surface area contributed by atoms with E-state index in [4.69, 9.17) is 20.8 Å². The Labute approximate surface area is 166 Å². The van der Waals surface area contributed by atoms with E-state index >= 15 is 0 Å². The fourth-order valence-corrected chi connectivity index (χ4v) is 3.52. The van der Waals surface area contributed by atoms with Gasteiger partial charge in [0.1, 0.15) is 17.6 Å². The first kappa shape index (κ1) is 19.5. The molecule has 0 fully saturated rings. The highest BCUT2D eigenvalue weighted by atomic mass is 35.5. The van der Waals surface area contributed by atoms with E-state index in [2.05, 4.69) is 5.32 Å². The molecule has 0 saturated heterocycles. The Morgan fingerprint density at radius 1 is 1.26 bits per heavy atom. The number of benzene rings is 1. The minimum atomic E-state index is -1.09. The molecular weight excluding hydrogens is 386 g/mol. The molecule has 2 heterocycles. The van der Waals surface area contributed by atoms with Crippen LogP contribution in [0.1, 0.15) is 24.8 Å². The van der Waals surface area contributed by atoms with Gasteiger partial charge in [-0.3, -0.25) is 4.79 Å². The average molecular weight is 406 g/mol. The summed E-state index contributed by atoms with van der Waals surface area (Å²) in [6, 6.07) is 14.2. The molecule has 0 saturated carbocycles. The van der Waals surface area contributed by atoms with Gasteiger partial charge in [0.05, 0.1) is 11.1 Å². The Balaban J connectivity index is 1.56. The van der Waals surface area contributed by atoms with E-state index in [1.807, 2.05) is 24.3 Å². The van der Waals surface area contributed by atoms with Crippen molar-refractivity contribution in [2.45, 2.75) is 25.6 Å². The maximum Gasteiger partial charge on any atom is 0.263 e. The van der Waals surface area contributed by atoms with Crippen LogP contribution >= 0.6 is 22.9 Å². The van der Waals surface area contributed by atoms with Crippen LogP contribution in [-0.2, 0) is 4.79 Å². The van der Waals surface area contributed by atoms with Gasteiger partial charge in [0.2, 0.25) is 0 Å². The predicted molar refractivity (Wildman–Crippen MR) is 106 cm³/mol. The molecule has 2 aromatic heterocycles. The maximum absolute atomic E-state index is 12.5. The van der Waals surface area contributed by atoms with Crippen LogP contribution in [0.2, 0.25) is 5.02 Å². The summed E-state index contributed by atoms with van der Waals surface area (Å²) in [5.41, 5.74) is -1.09. The van der Waals surface area contributed by atoms with Gasteiger partial charge in [0.15, 0.2) is 5.60 Å². The van der Waals surface area contributed by atoms with Crippen molar-refractivity contribution in [3.05, 3.63) is 64.7 Å². The van der Waals surface area contributed by atoms with Crippen molar-refractivity contribution < 1.29 is 19.1 Å². The van der Waals surface area contributed by atoms with Crippen molar-refractivity contribution in [1.82, 2.24) is 5.32 Å². The molecule has 0 spiro atoms. The molecule has 5 nitrogen and oxygen atoms in total. The van der Waals surface area contributed by atoms with Gasteiger partial charge in [-0.2, -0.15) is 0 Å². The molecule has 2 N–H and O–H groups in total. The Hall–Kier alpha value is -2.28. The summed E-state index contributed by atoms with van der Waals surface area (Å²) in [7, 11) is 0. The minimum Gasteiger partial charge on any atom is -0.478 e. The quantitative estimate of drug-likeness (QED) is 0.599. The van der Waals surface area contributed by atoms with Crippen LogP contribution in [0.25, 0.3) is 10.6 Å². The number of hydrogen-bond donors (Lipinski definition) is 2. The number of furan rings is 1. The summed E-state index contributed by atoms with van der Waals surface area (Å²) in [5.74, 6) is 0.973. The second-order valence-electron chi connectivity index (χ2n) is 6.47. The molecule has 142 valence electrons. The lowest BCUT2D eigenvalue weighted by Gasteiger charge is -2.26. The van der Waals surface area contributed by atoms with E-state index in [0.29, 0.717) is 10.8 Å². The fourth-order valence-electron chi connectivity index (χ4n) is 2.43. The van der Waals surface area contributed by atoms with Crippen LogP contribution in [0.5, 0.6) is 5.75 Å². The molecule has 0 aliphatic heterocycles. The third-order valence-corrected chi connectivity index (χ3v) is 5.36. The second kappa shape index (κ2) is 8.17. The Morgan fingerprint density at radius 3 is 2.67 bits per heavy atom. The van der Waals surface area contributed by atoms with E-state index in [-0.39, 0.29) is 12.5 Å². The van der Waals surface area contributed by atoms with Crippen molar-refractivity contribution in [3.63, 3.8) is 0 Å². The lowest BCUT2D eigenvalue weighted by molar-refractivity contribution is -0.134. The third-order valence-electron chi connectivity index (χ3n) is 3.91. The van der Waals surface area contributed by atoms with Crippen LogP contribution in [0, 0.1) is 0 Å². The van der Waals surface area contributed by atoms with Gasteiger partial charge in [-0.15, -0.1) is 11.3 Å². The van der Waals surface area contributed by atoms with Gasteiger partial charge in [0, 0.05) is 16.4 Å². The SMILES string of the molecule is CC(C)(Oc1ccc(Cl)cc1)C(=O)NCC(O)c1ccc(-c2ccco2)s1. The van der Waals surface area contributed by atoms with E-state index in [1.165, 1.54) is 11.3 Å². The van der Waals surface area contributed by atoms with Gasteiger partial charge >= 0.3 is 0 Å². The zero-order valence-electron chi connectivity index (χ0n) is 14.9. The van der Waals surface area contributed by atoms with Crippen molar-refractivity contribution in [1.29, 1.82) is 0 Å². The topological polar surface area (TPSA) is 71.7 Å². The Kier molecular flexibility index (Phi) is 5.89. The largest absolute Gasteiger partial charge is 0.478 e. The van der Waals surface area contributed by atoms with E-state index in [9.17, 15) is 9.90 Å². The van der Waals surface area contributed by atoms with Crippen LogP contribution in [0.15, 0.2) is 59.2 Å². The summed E-state index contributed by atoms with van der Waals surface area (Å²) in [6.45, 7) is 3.43. The predicted octanol–water partition coefficient (Wildman–Crippen LogP) is 4.67. The number of halogens is 1. The summed E-state index contributed by atoms with van der Waals surface area (Å²) in [4.78, 5) is 14.2. The standard InChI is InChI=1S/C20H20ClNO4S/c1-20(2,26-14-7-5-13(21)6-8-14)19(24)22-12-15(23)17-9-10-18(27-17)16-4-3-11-25-16/h3-11,15,23H,12H2,1-2H3,(H,22,24). The number of aliphatic hydroxyl groups is 1. The molecule has 27 heavy (non-hydrogen) atoms. The first-order valence-electron chi connectivity index (χ1n) is 8.40. The number of carbonyl (C=O) groups excluding carboxylic acids is 1. The van der Waals surface area contributed by atoms with E-state index in [0.717, 1.165) is 15.5 Å². The summed E-state index contributed by atoms with van der Waals surface area (Å²) < 4.78 is 11.1. The highest BCUT2D eigenvalue weighted by molar-refractivity contribution is 7.15. The average Bonchev–Trinajstić information content (AvgIpc) is 3.32. The molecule has 1 aromatic carbocycles. The first-order valence-corrected chi connectivity index (χ1v) is 9.59. The summed E-state index contributed by atoms with van der Waals surface area (Å²) in [5, 5.41) is 13.7. The molecule has 0 radical (unpaired) electrons. The molecule has 3 aromatic rings. The zero-order chi connectivity index (χ0) is 19.4. The normalized spacial score (nSPS) is 12.6. The molecule has 1 amide bonds. The van der Waals surface area contributed by atoms with Crippen LogP contribution in [0.3, 0.4) is 0 Å². The maximum atomic E-state index is 12.5. The number of amides is 1. The molecule has 0 aliphatic carbocycles. The number of ether oxygens (including phenoxy) is 1. The minimum absolute atomic E-state index is 0.0876. The molecule has 3 rings (SSSR count). The Morgan fingerprint density at radius 2 is 2.00 bits per heavy atom. The van der Waals surface area contributed by atoms with Gasteiger partial charge < -0.3 is 19.6 Å². The lowest BCUT2D eigenvalue weighted by atomic mass is 10.1. The monoisotopic (exact) mass is 405 g/mol. The first-order chi connectivity index (χ1) is 12.8. The number of carbonyl (C=O) groups is 1. The highest BCUT2D eigenvalue weighted by Crippen LogP contribution is 2.31. The van der Waals surface area contributed by atoms with Gasteiger partial charge in [-0.25, -0.2) is 0 Å². The second-order valence-corrected chi connectivity index (χ2v) is 8.02. The fraction of sp³-hybridized carbons (Fsp3) is 0.250.